The quantitative estimate of drug-likeness (QED) is 0.754. The van der Waals surface area contributed by atoms with Gasteiger partial charge in [0.2, 0.25) is 5.91 Å². The second-order valence-corrected chi connectivity index (χ2v) is 5.68. The minimum absolute atomic E-state index is 0.274. The maximum absolute atomic E-state index is 12.4. The first kappa shape index (κ1) is 17.9. The zero-order valence-electron chi connectivity index (χ0n) is 13.3. The number of aliphatic carboxylic acids is 1. The van der Waals surface area contributed by atoms with Crippen LogP contribution in [0.3, 0.4) is 0 Å². The van der Waals surface area contributed by atoms with Gasteiger partial charge in [-0.15, -0.1) is 0 Å². The minimum Gasteiger partial charge on any atom is -0.480 e. The molecule has 0 aliphatic carbocycles. The maximum Gasteiger partial charge on any atom is 0.323 e. The summed E-state index contributed by atoms with van der Waals surface area (Å²) in [4.78, 5) is 24.7. The third kappa shape index (κ3) is 4.76. The Labute approximate surface area is 146 Å². The molecule has 0 saturated carbocycles. The van der Waals surface area contributed by atoms with Crippen LogP contribution in [0.5, 0.6) is 11.5 Å². The fourth-order valence-electron chi connectivity index (χ4n) is 2.09. The summed E-state index contributed by atoms with van der Waals surface area (Å²) in [5, 5.41) is 9.06. The Morgan fingerprint density at radius 2 is 1.67 bits per heavy atom. The first-order chi connectivity index (χ1) is 11.5. The lowest BCUT2D eigenvalue weighted by Gasteiger charge is -2.24. The van der Waals surface area contributed by atoms with Crippen LogP contribution in [-0.2, 0) is 9.59 Å². The van der Waals surface area contributed by atoms with Crippen molar-refractivity contribution >= 4 is 30.2 Å². The number of rotatable bonds is 7. The van der Waals surface area contributed by atoms with Crippen molar-refractivity contribution in [1.82, 2.24) is 0 Å². The van der Waals surface area contributed by atoms with Gasteiger partial charge in [-0.2, -0.15) is 12.6 Å². The molecule has 126 valence electrons. The number of ether oxygens (including phenoxy) is 1. The van der Waals surface area contributed by atoms with E-state index < -0.39 is 12.5 Å². The molecular weight excluding hydrogens is 326 g/mol. The number of carboxylic acids is 1. The summed E-state index contributed by atoms with van der Waals surface area (Å²) in [5.41, 5.74) is 0.511. The molecule has 0 radical (unpaired) electrons. The SMILES string of the molecule is C[C@H](CS)C(=O)N(CC(=O)O)c1ccc(Oc2ccccc2)cc1. The number of thiol groups is 1. The van der Waals surface area contributed by atoms with Gasteiger partial charge in [-0.1, -0.05) is 25.1 Å². The van der Waals surface area contributed by atoms with Crippen molar-refractivity contribution < 1.29 is 19.4 Å². The number of amides is 1. The van der Waals surface area contributed by atoms with Gasteiger partial charge >= 0.3 is 5.97 Å². The molecule has 2 rings (SSSR count). The molecule has 0 aliphatic rings. The molecule has 1 amide bonds. The molecule has 0 spiro atoms. The lowest BCUT2D eigenvalue weighted by molar-refractivity contribution is -0.137. The highest BCUT2D eigenvalue weighted by Crippen LogP contribution is 2.25. The first-order valence-corrected chi connectivity index (χ1v) is 8.11. The van der Waals surface area contributed by atoms with E-state index in [9.17, 15) is 9.59 Å². The lowest BCUT2D eigenvalue weighted by atomic mass is 10.1. The van der Waals surface area contributed by atoms with Gasteiger partial charge in [0, 0.05) is 17.4 Å². The molecule has 0 saturated heterocycles. The topological polar surface area (TPSA) is 66.8 Å². The molecule has 2 aromatic rings. The number of carbonyl (C=O) groups is 2. The van der Waals surface area contributed by atoms with Gasteiger partial charge in [0.15, 0.2) is 0 Å². The zero-order valence-corrected chi connectivity index (χ0v) is 14.1. The molecule has 6 heteroatoms. The van der Waals surface area contributed by atoms with E-state index in [-0.39, 0.29) is 11.8 Å². The first-order valence-electron chi connectivity index (χ1n) is 7.48. The summed E-state index contributed by atoms with van der Waals surface area (Å²) in [6, 6.07) is 16.1. The average Bonchev–Trinajstić information content (AvgIpc) is 2.60. The third-order valence-corrected chi connectivity index (χ3v) is 3.93. The van der Waals surface area contributed by atoms with E-state index in [0.29, 0.717) is 22.9 Å². The fraction of sp³-hybridized carbons (Fsp3) is 0.222. The van der Waals surface area contributed by atoms with Gasteiger partial charge in [0.05, 0.1) is 0 Å². The van der Waals surface area contributed by atoms with Crippen LogP contribution in [0.2, 0.25) is 0 Å². The second kappa shape index (κ2) is 8.40. The molecule has 1 N–H and O–H groups in total. The van der Waals surface area contributed by atoms with Crippen LogP contribution in [0.15, 0.2) is 54.6 Å². The van der Waals surface area contributed by atoms with E-state index in [4.69, 9.17) is 9.84 Å². The summed E-state index contributed by atoms with van der Waals surface area (Å²) in [6.45, 7) is 1.33. The number of hydrogen-bond donors (Lipinski definition) is 2. The molecule has 0 bridgehead atoms. The van der Waals surface area contributed by atoms with Gasteiger partial charge in [-0.3, -0.25) is 9.59 Å². The minimum atomic E-state index is -1.07. The van der Waals surface area contributed by atoms with Crippen LogP contribution >= 0.6 is 12.6 Å². The van der Waals surface area contributed by atoms with Gasteiger partial charge in [-0.25, -0.2) is 0 Å². The highest BCUT2D eigenvalue weighted by Gasteiger charge is 2.23. The van der Waals surface area contributed by atoms with E-state index in [2.05, 4.69) is 12.6 Å². The van der Waals surface area contributed by atoms with E-state index in [1.54, 1.807) is 31.2 Å². The normalized spacial score (nSPS) is 11.6. The molecule has 24 heavy (non-hydrogen) atoms. The van der Waals surface area contributed by atoms with Gasteiger partial charge in [0.1, 0.15) is 18.0 Å². The molecule has 5 nitrogen and oxygen atoms in total. The summed E-state index contributed by atoms with van der Waals surface area (Å²) >= 11 is 4.11. The van der Waals surface area contributed by atoms with Gasteiger partial charge < -0.3 is 14.7 Å². The number of benzene rings is 2. The highest BCUT2D eigenvalue weighted by molar-refractivity contribution is 7.80. The van der Waals surface area contributed by atoms with E-state index in [1.165, 1.54) is 4.90 Å². The van der Waals surface area contributed by atoms with Crippen LogP contribution < -0.4 is 9.64 Å². The van der Waals surface area contributed by atoms with Crippen molar-refractivity contribution in [2.75, 3.05) is 17.2 Å². The standard InChI is InChI=1S/C18H19NO4S/c1-13(12-24)18(22)19(11-17(20)21)14-7-9-16(10-8-14)23-15-5-3-2-4-6-15/h2-10,13,24H,11-12H2,1H3,(H,20,21)/t13-/m1/s1. The molecular formula is C18H19NO4S. The van der Waals surface area contributed by atoms with E-state index in [0.717, 1.165) is 0 Å². The Morgan fingerprint density at radius 3 is 2.21 bits per heavy atom. The summed E-state index contributed by atoms with van der Waals surface area (Å²) < 4.78 is 5.69. The molecule has 1 atom stereocenters. The maximum atomic E-state index is 12.4. The number of carbonyl (C=O) groups excluding carboxylic acids is 1. The molecule has 0 heterocycles. The van der Waals surface area contributed by atoms with Crippen LogP contribution in [0.4, 0.5) is 5.69 Å². The molecule has 2 aromatic carbocycles. The Kier molecular flexibility index (Phi) is 6.26. The average molecular weight is 345 g/mol. The summed E-state index contributed by atoms with van der Waals surface area (Å²) in [6.07, 6.45) is 0. The largest absolute Gasteiger partial charge is 0.480 e. The molecule has 0 aliphatic heterocycles. The van der Waals surface area contributed by atoms with Gasteiger partial charge in [0.25, 0.3) is 0 Å². The van der Waals surface area contributed by atoms with Crippen LogP contribution in [0, 0.1) is 5.92 Å². The lowest BCUT2D eigenvalue weighted by Crippen LogP contribution is -2.39. The number of carboxylic acid groups (broad SMARTS) is 1. The van der Waals surface area contributed by atoms with Crippen molar-refractivity contribution in [1.29, 1.82) is 0 Å². The molecule has 0 aromatic heterocycles. The monoisotopic (exact) mass is 345 g/mol. The predicted octanol–water partition coefficient (Wildman–Crippen LogP) is 3.46. The summed E-state index contributed by atoms with van der Waals surface area (Å²) in [7, 11) is 0. The molecule has 0 unspecified atom stereocenters. The van der Waals surface area contributed by atoms with Gasteiger partial charge in [-0.05, 0) is 36.4 Å². The smallest absolute Gasteiger partial charge is 0.323 e. The Hall–Kier alpha value is -2.47. The zero-order chi connectivity index (χ0) is 17.5. The van der Waals surface area contributed by atoms with Crippen molar-refractivity contribution in [3.8, 4) is 11.5 Å². The van der Waals surface area contributed by atoms with Crippen molar-refractivity contribution in [3.05, 3.63) is 54.6 Å². The Bertz CT molecular complexity index is 688. The number of nitrogens with zero attached hydrogens (tertiary/aromatic N) is 1. The Morgan fingerprint density at radius 1 is 1.08 bits per heavy atom. The van der Waals surface area contributed by atoms with E-state index in [1.807, 2.05) is 30.3 Å². The fourth-order valence-corrected chi connectivity index (χ4v) is 2.25. The highest BCUT2D eigenvalue weighted by atomic mass is 32.1. The second-order valence-electron chi connectivity index (χ2n) is 5.31. The Balaban J connectivity index is 2.18. The third-order valence-electron chi connectivity index (χ3n) is 3.38. The number of para-hydroxylation sites is 1. The predicted molar refractivity (Wildman–Crippen MR) is 96.0 cm³/mol. The van der Waals surface area contributed by atoms with Crippen LogP contribution in [0.25, 0.3) is 0 Å². The van der Waals surface area contributed by atoms with Crippen molar-refractivity contribution in [2.24, 2.45) is 5.92 Å². The van der Waals surface area contributed by atoms with Crippen molar-refractivity contribution in [2.45, 2.75) is 6.92 Å². The van der Waals surface area contributed by atoms with Crippen molar-refractivity contribution in [3.63, 3.8) is 0 Å². The number of hydrogen-bond acceptors (Lipinski definition) is 4. The number of anilines is 1. The molecule has 0 fully saturated rings. The summed E-state index contributed by atoms with van der Waals surface area (Å²) in [5.74, 6) is -0.0526. The van der Waals surface area contributed by atoms with E-state index >= 15 is 0 Å². The van der Waals surface area contributed by atoms with Crippen LogP contribution in [-0.4, -0.2) is 29.3 Å². The van der Waals surface area contributed by atoms with Crippen LogP contribution in [0.1, 0.15) is 6.92 Å².